The van der Waals surface area contributed by atoms with Gasteiger partial charge in [0.25, 0.3) is 0 Å². The summed E-state index contributed by atoms with van der Waals surface area (Å²) in [7, 11) is 1.32. The number of carbonyl (C=O) groups is 2. The molecule has 0 spiro atoms. The highest BCUT2D eigenvalue weighted by atomic mass is 79.9. The summed E-state index contributed by atoms with van der Waals surface area (Å²) in [5, 5.41) is 3.46. The van der Waals surface area contributed by atoms with Crippen LogP contribution in [-0.2, 0) is 14.3 Å². The molecule has 0 saturated heterocycles. The topological polar surface area (TPSA) is 55.4 Å². The highest BCUT2D eigenvalue weighted by Gasteiger charge is 2.18. The number of methoxy groups -OCH3 is 1. The zero-order valence-corrected chi connectivity index (χ0v) is 10.1. The SMILES string of the molecule is COC(=O)[C@H](CCCCBr)NC(C)=O. The van der Waals surface area contributed by atoms with E-state index in [1.807, 2.05) is 0 Å². The van der Waals surface area contributed by atoms with E-state index in [2.05, 4.69) is 26.0 Å². The van der Waals surface area contributed by atoms with Gasteiger partial charge in [-0.1, -0.05) is 15.9 Å². The molecule has 0 saturated carbocycles. The standard InChI is InChI=1S/C9H16BrNO3/c1-7(12)11-8(9(13)14-2)5-3-4-6-10/h8H,3-6H2,1-2H3,(H,11,12)/t8-/m0/s1. The first-order valence-electron chi connectivity index (χ1n) is 4.52. The maximum atomic E-state index is 11.2. The van der Waals surface area contributed by atoms with Crippen LogP contribution in [0.2, 0.25) is 0 Å². The second kappa shape index (κ2) is 7.79. The van der Waals surface area contributed by atoms with E-state index >= 15 is 0 Å². The Morgan fingerprint density at radius 1 is 1.43 bits per heavy atom. The van der Waals surface area contributed by atoms with Crippen molar-refractivity contribution in [3.8, 4) is 0 Å². The van der Waals surface area contributed by atoms with Gasteiger partial charge in [-0.2, -0.15) is 0 Å². The van der Waals surface area contributed by atoms with E-state index in [-0.39, 0.29) is 11.9 Å². The van der Waals surface area contributed by atoms with Gasteiger partial charge in [0.05, 0.1) is 7.11 Å². The van der Waals surface area contributed by atoms with Crippen molar-refractivity contribution in [3.05, 3.63) is 0 Å². The van der Waals surface area contributed by atoms with Crippen LogP contribution in [0.3, 0.4) is 0 Å². The summed E-state index contributed by atoms with van der Waals surface area (Å²) < 4.78 is 4.58. The Hall–Kier alpha value is -0.580. The molecule has 0 aliphatic carbocycles. The van der Waals surface area contributed by atoms with Gasteiger partial charge in [0.1, 0.15) is 6.04 Å². The first-order valence-corrected chi connectivity index (χ1v) is 5.64. The summed E-state index contributed by atoms with van der Waals surface area (Å²) in [4.78, 5) is 22.0. The van der Waals surface area contributed by atoms with E-state index < -0.39 is 6.04 Å². The number of carbonyl (C=O) groups excluding carboxylic acids is 2. The van der Waals surface area contributed by atoms with Crippen molar-refractivity contribution < 1.29 is 14.3 Å². The third kappa shape index (κ3) is 5.96. The van der Waals surface area contributed by atoms with Crippen LogP contribution < -0.4 is 5.32 Å². The molecule has 0 aliphatic rings. The van der Waals surface area contributed by atoms with Crippen LogP contribution in [0.1, 0.15) is 26.2 Å². The van der Waals surface area contributed by atoms with Gasteiger partial charge in [0.2, 0.25) is 5.91 Å². The Kier molecular flexibility index (Phi) is 7.47. The van der Waals surface area contributed by atoms with Crippen molar-refractivity contribution in [1.29, 1.82) is 0 Å². The van der Waals surface area contributed by atoms with Crippen molar-refractivity contribution in [2.75, 3.05) is 12.4 Å². The molecule has 0 fully saturated rings. The summed E-state index contributed by atoms with van der Waals surface area (Å²) in [6.07, 6.45) is 2.48. The lowest BCUT2D eigenvalue weighted by Gasteiger charge is -2.14. The lowest BCUT2D eigenvalue weighted by molar-refractivity contribution is -0.145. The highest BCUT2D eigenvalue weighted by molar-refractivity contribution is 9.09. The Balaban J connectivity index is 3.97. The van der Waals surface area contributed by atoms with Gasteiger partial charge in [-0.15, -0.1) is 0 Å². The Morgan fingerprint density at radius 3 is 2.50 bits per heavy atom. The Morgan fingerprint density at radius 2 is 2.07 bits per heavy atom. The van der Waals surface area contributed by atoms with E-state index in [4.69, 9.17) is 0 Å². The molecule has 0 bridgehead atoms. The average molecular weight is 266 g/mol. The number of nitrogens with one attached hydrogen (secondary N) is 1. The summed E-state index contributed by atoms with van der Waals surface area (Å²) in [6, 6.07) is -0.503. The van der Waals surface area contributed by atoms with Crippen LogP contribution in [0.15, 0.2) is 0 Å². The molecule has 1 N–H and O–H groups in total. The maximum Gasteiger partial charge on any atom is 0.328 e. The number of hydrogen-bond acceptors (Lipinski definition) is 3. The Labute approximate surface area is 92.5 Å². The molecule has 82 valence electrons. The first kappa shape index (κ1) is 13.4. The molecule has 0 aromatic carbocycles. The number of rotatable bonds is 6. The lowest BCUT2D eigenvalue weighted by atomic mass is 10.1. The molecule has 0 radical (unpaired) electrons. The number of halogens is 1. The van der Waals surface area contributed by atoms with Gasteiger partial charge in [-0.3, -0.25) is 4.79 Å². The zero-order valence-electron chi connectivity index (χ0n) is 8.51. The molecule has 0 rings (SSSR count). The molecule has 1 atom stereocenters. The average Bonchev–Trinajstić information content (AvgIpc) is 2.15. The second-order valence-electron chi connectivity index (χ2n) is 2.96. The van der Waals surface area contributed by atoms with Gasteiger partial charge < -0.3 is 10.1 Å². The minimum atomic E-state index is -0.503. The van der Waals surface area contributed by atoms with Crippen molar-refractivity contribution in [3.63, 3.8) is 0 Å². The molecular formula is C9H16BrNO3. The number of hydrogen-bond donors (Lipinski definition) is 1. The van der Waals surface area contributed by atoms with Crippen molar-refractivity contribution in [2.45, 2.75) is 32.2 Å². The third-order valence-corrected chi connectivity index (χ3v) is 2.30. The fraction of sp³-hybridized carbons (Fsp3) is 0.778. The predicted octanol–water partition coefficient (Wildman–Crippen LogP) is 1.23. The van der Waals surface area contributed by atoms with E-state index in [1.54, 1.807) is 0 Å². The van der Waals surface area contributed by atoms with Gasteiger partial charge in [0.15, 0.2) is 0 Å². The molecule has 14 heavy (non-hydrogen) atoms. The fourth-order valence-electron chi connectivity index (χ4n) is 1.08. The van der Waals surface area contributed by atoms with Crippen LogP contribution in [0.4, 0.5) is 0 Å². The molecule has 0 aliphatic heterocycles. The van der Waals surface area contributed by atoms with Crippen molar-refractivity contribution in [1.82, 2.24) is 5.32 Å². The molecule has 0 aromatic rings. The monoisotopic (exact) mass is 265 g/mol. The van der Waals surface area contributed by atoms with Gasteiger partial charge in [0, 0.05) is 12.3 Å². The maximum absolute atomic E-state index is 11.2. The van der Waals surface area contributed by atoms with Crippen LogP contribution in [-0.4, -0.2) is 30.4 Å². The minimum absolute atomic E-state index is 0.209. The molecular weight excluding hydrogens is 250 g/mol. The van der Waals surface area contributed by atoms with Gasteiger partial charge >= 0.3 is 5.97 Å². The molecule has 1 amide bonds. The number of ether oxygens (including phenoxy) is 1. The van der Waals surface area contributed by atoms with E-state index in [0.29, 0.717) is 6.42 Å². The van der Waals surface area contributed by atoms with Crippen molar-refractivity contribution >= 4 is 27.8 Å². The van der Waals surface area contributed by atoms with E-state index in [1.165, 1.54) is 14.0 Å². The predicted molar refractivity (Wildman–Crippen MR) is 57.3 cm³/mol. The summed E-state index contributed by atoms with van der Waals surface area (Å²) in [5.74, 6) is -0.589. The first-order chi connectivity index (χ1) is 6.61. The molecule has 5 heteroatoms. The summed E-state index contributed by atoms with van der Waals surface area (Å²) in [6.45, 7) is 1.39. The second-order valence-corrected chi connectivity index (χ2v) is 3.75. The highest BCUT2D eigenvalue weighted by Crippen LogP contribution is 2.04. The van der Waals surface area contributed by atoms with E-state index in [9.17, 15) is 9.59 Å². The number of alkyl halides is 1. The number of esters is 1. The molecule has 4 nitrogen and oxygen atoms in total. The largest absolute Gasteiger partial charge is 0.467 e. The normalized spacial score (nSPS) is 11.9. The van der Waals surface area contributed by atoms with Crippen molar-refractivity contribution in [2.24, 2.45) is 0 Å². The number of amides is 1. The Bertz CT molecular complexity index is 196. The summed E-state index contributed by atoms with van der Waals surface area (Å²) in [5.41, 5.74) is 0. The third-order valence-electron chi connectivity index (χ3n) is 1.74. The molecule has 0 unspecified atom stereocenters. The quantitative estimate of drug-likeness (QED) is 0.447. The minimum Gasteiger partial charge on any atom is -0.467 e. The van der Waals surface area contributed by atoms with Crippen LogP contribution in [0.5, 0.6) is 0 Å². The smallest absolute Gasteiger partial charge is 0.328 e. The number of unbranched alkanes of at least 4 members (excludes halogenated alkanes) is 1. The van der Waals surface area contributed by atoms with Gasteiger partial charge in [-0.05, 0) is 19.3 Å². The van der Waals surface area contributed by atoms with Gasteiger partial charge in [-0.25, -0.2) is 4.79 Å². The molecule has 0 aromatic heterocycles. The van der Waals surface area contributed by atoms with Crippen LogP contribution >= 0.6 is 15.9 Å². The van der Waals surface area contributed by atoms with Crippen LogP contribution in [0.25, 0.3) is 0 Å². The van der Waals surface area contributed by atoms with Crippen LogP contribution in [0, 0.1) is 0 Å². The molecule has 0 heterocycles. The lowest BCUT2D eigenvalue weighted by Crippen LogP contribution is -2.40. The fourth-order valence-corrected chi connectivity index (χ4v) is 1.48. The summed E-state index contributed by atoms with van der Waals surface area (Å²) >= 11 is 3.30. The van der Waals surface area contributed by atoms with E-state index in [0.717, 1.165) is 18.2 Å². The zero-order chi connectivity index (χ0) is 11.0.